The first kappa shape index (κ1) is 10.9. The second-order valence-corrected chi connectivity index (χ2v) is 10.5. The molecule has 4 atom stereocenters. The Labute approximate surface area is 98.1 Å². The zero-order chi connectivity index (χ0) is 9.47. The summed E-state index contributed by atoms with van der Waals surface area (Å²) in [6.45, 7) is 7.13. The average molecular weight is 252 g/mol. The van der Waals surface area contributed by atoms with Crippen LogP contribution in [-0.2, 0) is 0 Å². The van der Waals surface area contributed by atoms with Gasteiger partial charge in [-0.2, -0.15) is 11.8 Å². The van der Waals surface area contributed by atoms with E-state index in [-0.39, 0.29) is 0 Å². The van der Waals surface area contributed by atoms with Crippen LogP contribution >= 0.6 is 47.0 Å². The van der Waals surface area contributed by atoms with E-state index in [4.69, 9.17) is 0 Å². The van der Waals surface area contributed by atoms with Gasteiger partial charge in [-0.15, -0.1) is 35.3 Å². The first-order chi connectivity index (χ1) is 6.12. The van der Waals surface area contributed by atoms with Gasteiger partial charge in [0.15, 0.2) is 0 Å². The number of rotatable bonds is 0. The van der Waals surface area contributed by atoms with Gasteiger partial charge in [0.25, 0.3) is 0 Å². The van der Waals surface area contributed by atoms with Gasteiger partial charge >= 0.3 is 0 Å². The Balaban J connectivity index is 2.06. The third kappa shape index (κ3) is 2.16. The smallest absolute Gasteiger partial charge is 0.119 e. The van der Waals surface area contributed by atoms with Crippen LogP contribution in [-0.4, -0.2) is 30.7 Å². The molecule has 4 heteroatoms. The van der Waals surface area contributed by atoms with Gasteiger partial charge in [-0.1, -0.05) is 20.8 Å². The zero-order valence-corrected chi connectivity index (χ0v) is 11.5. The Morgan fingerprint density at radius 3 is 2.15 bits per heavy atom. The molecule has 0 nitrogen and oxygen atoms in total. The van der Waals surface area contributed by atoms with Crippen LogP contribution in [0.4, 0.5) is 0 Å². The van der Waals surface area contributed by atoms with E-state index >= 15 is 0 Å². The topological polar surface area (TPSA) is 0 Å². The molecule has 2 saturated heterocycles. The summed E-state index contributed by atoms with van der Waals surface area (Å²) in [6, 6.07) is 0. The lowest BCUT2D eigenvalue weighted by Crippen LogP contribution is -2.33. The van der Waals surface area contributed by atoms with E-state index in [9.17, 15) is 0 Å². The predicted molar refractivity (Wildman–Crippen MR) is 71.2 cm³/mol. The highest BCUT2D eigenvalue weighted by Gasteiger charge is 2.47. The van der Waals surface area contributed by atoms with E-state index in [0.29, 0.717) is 3.41 Å². The molecular formula is C9H16S4. The second kappa shape index (κ2) is 4.11. The molecule has 0 aromatic rings. The van der Waals surface area contributed by atoms with Crippen molar-refractivity contribution in [2.75, 3.05) is 11.5 Å². The third-order valence-corrected chi connectivity index (χ3v) is 10.7. The van der Waals surface area contributed by atoms with Gasteiger partial charge in [0.05, 0.1) is 0 Å². The molecule has 2 aliphatic rings. The highest BCUT2D eigenvalue weighted by atomic mass is 32.3. The zero-order valence-electron chi connectivity index (χ0n) is 8.28. The fraction of sp³-hybridized carbons (Fsp3) is 1.00. The molecule has 0 amide bonds. The summed E-state index contributed by atoms with van der Waals surface area (Å²) in [5.74, 6) is 2.68. The van der Waals surface area contributed by atoms with Crippen LogP contribution in [0.5, 0.6) is 0 Å². The summed E-state index contributed by atoms with van der Waals surface area (Å²) in [5.41, 5.74) is 0. The van der Waals surface area contributed by atoms with Crippen LogP contribution in [0, 0.1) is 0 Å². The number of hydrogen-bond donors (Lipinski definition) is 0. The van der Waals surface area contributed by atoms with Crippen molar-refractivity contribution in [3.63, 3.8) is 0 Å². The van der Waals surface area contributed by atoms with Crippen molar-refractivity contribution in [2.24, 2.45) is 0 Å². The normalized spacial score (nSPS) is 51.5. The first-order valence-electron chi connectivity index (χ1n) is 4.73. The quantitative estimate of drug-likeness (QED) is 0.643. The number of hydrogen-bond acceptors (Lipinski definition) is 4. The predicted octanol–water partition coefficient (Wildman–Crippen LogP) is 3.77. The molecule has 2 fully saturated rings. The molecule has 0 radical (unpaired) electrons. The van der Waals surface area contributed by atoms with Crippen molar-refractivity contribution in [3.05, 3.63) is 0 Å². The van der Waals surface area contributed by atoms with Crippen molar-refractivity contribution in [1.29, 1.82) is 0 Å². The average Bonchev–Trinajstić information content (AvgIpc) is 2.43. The summed E-state index contributed by atoms with van der Waals surface area (Å²) in [6.07, 6.45) is 0. The second-order valence-electron chi connectivity index (χ2n) is 3.74. The molecule has 13 heavy (non-hydrogen) atoms. The van der Waals surface area contributed by atoms with Crippen LogP contribution in [0.1, 0.15) is 20.8 Å². The molecule has 4 unspecified atom stereocenters. The highest BCUT2D eigenvalue weighted by Crippen LogP contribution is 2.62. The minimum absolute atomic E-state index is 0.497. The Morgan fingerprint density at radius 1 is 1.00 bits per heavy atom. The van der Waals surface area contributed by atoms with Crippen LogP contribution < -0.4 is 0 Å². The van der Waals surface area contributed by atoms with Crippen molar-refractivity contribution >= 4 is 47.0 Å². The summed E-state index contributed by atoms with van der Waals surface area (Å²) < 4.78 is 0.497. The monoisotopic (exact) mass is 252 g/mol. The first-order valence-corrected chi connectivity index (χ1v) is 8.53. The Bertz CT molecular complexity index is 196. The molecule has 0 aliphatic carbocycles. The molecule has 0 N–H and O–H groups in total. The fourth-order valence-electron chi connectivity index (χ4n) is 1.69. The minimum Gasteiger partial charge on any atom is -0.152 e. The third-order valence-electron chi connectivity index (χ3n) is 2.34. The minimum atomic E-state index is 0.497. The largest absolute Gasteiger partial charge is 0.152 e. The molecule has 2 heterocycles. The van der Waals surface area contributed by atoms with E-state index in [1.165, 1.54) is 11.5 Å². The van der Waals surface area contributed by atoms with Crippen molar-refractivity contribution in [3.8, 4) is 0 Å². The van der Waals surface area contributed by atoms with Gasteiger partial charge < -0.3 is 0 Å². The summed E-state index contributed by atoms with van der Waals surface area (Å²) in [4.78, 5) is 0. The van der Waals surface area contributed by atoms with Gasteiger partial charge in [-0.25, -0.2) is 0 Å². The van der Waals surface area contributed by atoms with Crippen molar-refractivity contribution < 1.29 is 0 Å². The van der Waals surface area contributed by atoms with Crippen LogP contribution in [0.2, 0.25) is 0 Å². The van der Waals surface area contributed by atoms with E-state index in [1.54, 1.807) is 0 Å². The molecule has 2 aliphatic heterocycles. The highest BCUT2D eigenvalue weighted by molar-refractivity contribution is 8.37. The fourth-order valence-corrected chi connectivity index (χ4v) is 9.46. The van der Waals surface area contributed by atoms with E-state index in [2.05, 4.69) is 67.8 Å². The van der Waals surface area contributed by atoms with Gasteiger partial charge in [0, 0.05) is 27.3 Å². The Hall–Kier alpha value is 1.40. The molecule has 0 saturated carbocycles. The maximum atomic E-state index is 2.41. The number of thioether (sulfide) groups is 4. The molecule has 1 spiro atoms. The lowest BCUT2D eigenvalue weighted by Gasteiger charge is -2.39. The van der Waals surface area contributed by atoms with Crippen molar-refractivity contribution in [2.45, 2.75) is 39.9 Å². The Morgan fingerprint density at radius 2 is 1.62 bits per heavy atom. The summed E-state index contributed by atoms with van der Waals surface area (Å²) >= 11 is 8.77. The van der Waals surface area contributed by atoms with E-state index < -0.39 is 0 Å². The van der Waals surface area contributed by atoms with E-state index in [1.807, 2.05) is 0 Å². The van der Waals surface area contributed by atoms with Crippen molar-refractivity contribution in [1.82, 2.24) is 0 Å². The van der Waals surface area contributed by atoms with Crippen LogP contribution in [0.3, 0.4) is 0 Å². The molecule has 0 aromatic heterocycles. The lowest BCUT2D eigenvalue weighted by molar-refractivity contribution is 0.978. The Kier molecular flexibility index (Phi) is 3.44. The maximum Gasteiger partial charge on any atom is 0.119 e. The van der Waals surface area contributed by atoms with Gasteiger partial charge in [0.1, 0.15) is 3.41 Å². The van der Waals surface area contributed by atoms with Crippen LogP contribution in [0.15, 0.2) is 0 Å². The molecule has 0 aromatic carbocycles. The molecular weight excluding hydrogens is 236 g/mol. The lowest BCUT2D eigenvalue weighted by atomic mass is 10.5. The van der Waals surface area contributed by atoms with Gasteiger partial charge in [-0.05, 0) is 0 Å². The SMILES string of the molecule is CC1CSC2(SCC(C)S2)C(C)S1. The molecule has 76 valence electrons. The maximum absolute atomic E-state index is 2.41. The van der Waals surface area contributed by atoms with Crippen LogP contribution in [0.25, 0.3) is 0 Å². The summed E-state index contributed by atoms with van der Waals surface area (Å²) in [5, 5.41) is 2.51. The molecule has 0 bridgehead atoms. The van der Waals surface area contributed by atoms with Gasteiger partial charge in [0.2, 0.25) is 0 Å². The summed E-state index contributed by atoms with van der Waals surface area (Å²) in [7, 11) is 0. The van der Waals surface area contributed by atoms with Gasteiger partial charge in [-0.3, -0.25) is 0 Å². The van der Waals surface area contributed by atoms with E-state index in [0.717, 1.165) is 15.7 Å². The molecule has 2 rings (SSSR count). The standard InChI is InChI=1S/C9H16S4/c1-6-4-10-9(8(3)12-6)11-5-7(2)13-9/h6-8H,4-5H2,1-3H3.